The highest BCUT2D eigenvalue weighted by atomic mass is 32.2. The van der Waals surface area contributed by atoms with Crippen molar-refractivity contribution < 1.29 is 17.9 Å². The van der Waals surface area contributed by atoms with Gasteiger partial charge in [-0.2, -0.15) is 0 Å². The SMILES string of the molecule is NNC(c1ccc2c(c1)OCCO2)C1CCS(=O)(=O)C1. The Kier molecular flexibility index (Phi) is 3.57. The zero-order valence-corrected chi connectivity index (χ0v) is 11.9. The van der Waals surface area contributed by atoms with Crippen LogP contribution in [0.15, 0.2) is 18.2 Å². The molecule has 1 aromatic carbocycles. The van der Waals surface area contributed by atoms with Gasteiger partial charge in [0.2, 0.25) is 0 Å². The van der Waals surface area contributed by atoms with E-state index in [0.717, 1.165) is 11.3 Å². The monoisotopic (exact) mass is 298 g/mol. The Morgan fingerprint density at radius 3 is 2.65 bits per heavy atom. The summed E-state index contributed by atoms with van der Waals surface area (Å²) in [7, 11) is -2.93. The van der Waals surface area contributed by atoms with Crippen LogP contribution in [0.2, 0.25) is 0 Å². The van der Waals surface area contributed by atoms with Gasteiger partial charge in [0.15, 0.2) is 21.3 Å². The molecule has 6 nitrogen and oxygen atoms in total. The second-order valence-corrected chi connectivity index (χ2v) is 7.44. The third-order valence-corrected chi connectivity index (χ3v) is 5.64. The quantitative estimate of drug-likeness (QED) is 0.620. The predicted molar refractivity (Wildman–Crippen MR) is 74.3 cm³/mol. The van der Waals surface area contributed by atoms with Gasteiger partial charge in [0.05, 0.1) is 11.5 Å². The van der Waals surface area contributed by atoms with Crippen molar-refractivity contribution in [3.8, 4) is 11.5 Å². The molecule has 0 aromatic heterocycles. The van der Waals surface area contributed by atoms with Gasteiger partial charge in [0.25, 0.3) is 0 Å². The van der Waals surface area contributed by atoms with Crippen molar-refractivity contribution in [1.29, 1.82) is 0 Å². The minimum atomic E-state index is -2.93. The van der Waals surface area contributed by atoms with Gasteiger partial charge in [-0.15, -0.1) is 0 Å². The van der Waals surface area contributed by atoms with Crippen LogP contribution >= 0.6 is 0 Å². The molecule has 0 radical (unpaired) electrons. The van der Waals surface area contributed by atoms with Crippen LogP contribution in [0.4, 0.5) is 0 Å². The van der Waals surface area contributed by atoms with Crippen LogP contribution in [-0.4, -0.2) is 33.1 Å². The first kappa shape index (κ1) is 13.7. The maximum Gasteiger partial charge on any atom is 0.161 e. The van der Waals surface area contributed by atoms with E-state index in [1.54, 1.807) is 0 Å². The molecule has 7 heteroatoms. The van der Waals surface area contributed by atoms with Gasteiger partial charge in [0.1, 0.15) is 13.2 Å². The molecule has 1 saturated heterocycles. The van der Waals surface area contributed by atoms with Crippen molar-refractivity contribution in [3.05, 3.63) is 23.8 Å². The van der Waals surface area contributed by atoms with Gasteiger partial charge in [0, 0.05) is 6.04 Å². The molecule has 110 valence electrons. The first-order valence-electron chi connectivity index (χ1n) is 6.65. The molecule has 0 spiro atoms. The highest BCUT2D eigenvalue weighted by Gasteiger charge is 2.34. The van der Waals surface area contributed by atoms with E-state index in [9.17, 15) is 8.42 Å². The van der Waals surface area contributed by atoms with Crippen LogP contribution < -0.4 is 20.7 Å². The van der Waals surface area contributed by atoms with E-state index in [0.29, 0.717) is 25.4 Å². The summed E-state index contributed by atoms with van der Waals surface area (Å²) in [6.45, 7) is 1.07. The lowest BCUT2D eigenvalue weighted by Gasteiger charge is -2.24. The zero-order valence-electron chi connectivity index (χ0n) is 11.0. The fraction of sp³-hybridized carbons (Fsp3) is 0.538. The number of hydrogen-bond acceptors (Lipinski definition) is 6. The molecular formula is C13H18N2O4S. The van der Waals surface area contributed by atoms with Crippen LogP contribution in [-0.2, 0) is 9.84 Å². The minimum absolute atomic E-state index is 0.00689. The summed E-state index contributed by atoms with van der Waals surface area (Å²) < 4.78 is 34.3. The molecule has 0 bridgehead atoms. The summed E-state index contributed by atoms with van der Waals surface area (Å²) >= 11 is 0. The molecule has 20 heavy (non-hydrogen) atoms. The van der Waals surface area contributed by atoms with Crippen LogP contribution in [0.1, 0.15) is 18.0 Å². The summed E-state index contributed by atoms with van der Waals surface area (Å²) in [5.74, 6) is 7.45. The second kappa shape index (κ2) is 5.23. The van der Waals surface area contributed by atoms with Crippen LogP contribution in [0.5, 0.6) is 11.5 Å². The maximum absolute atomic E-state index is 11.6. The fourth-order valence-electron chi connectivity index (χ4n) is 2.84. The lowest BCUT2D eigenvalue weighted by atomic mass is 9.93. The minimum Gasteiger partial charge on any atom is -0.486 e. The van der Waals surface area contributed by atoms with Crippen molar-refractivity contribution >= 4 is 9.84 Å². The van der Waals surface area contributed by atoms with Gasteiger partial charge in [-0.05, 0) is 30.0 Å². The van der Waals surface area contributed by atoms with Crippen molar-refractivity contribution in [2.24, 2.45) is 11.8 Å². The molecule has 0 aliphatic carbocycles. The Hall–Kier alpha value is -1.31. The summed E-state index contributed by atoms with van der Waals surface area (Å²) in [6, 6.07) is 5.44. The molecule has 2 atom stereocenters. The van der Waals surface area contributed by atoms with E-state index in [1.807, 2.05) is 18.2 Å². The summed E-state index contributed by atoms with van der Waals surface area (Å²) in [6.07, 6.45) is 0.631. The normalized spacial score (nSPS) is 25.4. The van der Waals surface area contributed by atoms with E-state index < -0.39 is 9.84 Å². The molecule has 0 saturated carbocycles. The number of hydrazine groups is 1. The Balaban J connectivity index is 1.86. The molecule has 2 unspecified atom stereocenters. The topological polar surface area (TPSA) is 90.7 Å². The van der Waals surface area contributed by atoms with E-state index in [-0.39, 0.29) is 23.5 Å². The average molecular weight is 298 g/mol. The number of nitrogens with one attached hydrogen (secondary N) is 1. The smallest absolute Gasteiger partial charge is 0.161 e. The first-order chi connectivity index (χ1) is 9.59. The number of hydrogen-bond donors (Lipinski definition) is 2. The van der Waals surface area contributed by atoms with Crippen molar-refractivity contribution in [1.82, 2.24) is 5.43 Å². The molecule has 1 fully saturated rings. The lowest BCUT2D eigenvalue weighted by Crippen LogP contribution is -2.34. The summed E-state index contributed by atoms with van der Waals surface area (Å²) in [5.41, 5.74) is 3.67. The number of fused-ring (bicyclic) bond motifs is 1. The number of rotatable bonds is 3. The Bertz CT molecular complexity index is 602. The van der Waals surface area contributed by atoms with Gasteiger partial charge in [-0.3, -0.25) is 11.3 Å². The lowest BCUT2D eigenvalue weighted by molar-refractivity contribution is 0.171. The molecule has 2 aliphatic rings. The molecule has 1 aromatic rings. The number of nitrogens with two attached hydrogens (primary N) is 1. The first-order valence-corrected chi connectivity index (χ1v) is 8.47. The van der Waals surface area contributed by atoms with E-state index >= 15 is 0 Å². The molecular weight excluding hydrogens is 280 g/mol. The predicted octanol–water partition coefficient (Wildman–Crippen LogP) is 0.397. The van der Waals surface area contributed by atoms with Crippen molar-refractivity contribution in [3.63, 3.8) is 0 Å². The van der Waals surface area contributed by atoms with Gasteiger partial charge in [-0.1, -0.05) is 6.07 Å². The van der Waals surface area contributed by atoms with Gasteiger partial charge < -0.3 is 9.47 Å². The largest absolute Gasteiger partial charge is 0.486 e. The standard InChI is InChI=1S/C13H18N2O4S/c14-15-13(10-3-6-20(16,17)8-10)9-1-2-11-12(7-9)19-5-4-18-11/h1-2,7,10,13,15H,3-6,8,14H2. The number of ether oxygens (including phenoxy) is 2. The highest BCUT2D eigenvalue weighted by Crippen LogP contribution is 2.36. The molecule has 0 amide bonds. The molecule has 3 rings (SSSR count). The zero-order chi connectivity index (χ0) is 14.2. The Morgan fingerprint density at radius 2 is 2.00 bits per heavy atom. The van der Waals surface area contributed by atoms with Crippen molar-refractivity contribution in [2.45, 2.75) is 12.5 Å². The fourth-order valence-corrected chi connectivity index (χ4v) is 4.68. The van der Waals surface area contributed by atoms with Crippen LogP contribution in [0, 0.1) is 5.92 Å². The third-order valence-electron chi connectivity index (χ3n) is 3.84. The van der Waals surface area contributed by atoms with Crippen LogP contribution in [0.25, 0.3) is 0 Å². The third kappa shape index (κ3) is 2.61. The van der Waals surface area contributed by atoms with E-state index in [1.165, 1.54) is 0 Å². The summed E-state index contributed by atoms with van der Waals surface area (Å²) in [5, 5.41) is 0. The van der Waals surface area contributed by atoms with E-state index in [4.69, 9.17) is 15.3 Å². The van der Waals surface area contributed by atoms with Crippen molar-refractivity contribution in [2.75, 3.05) is 24.7 Å². The molecule has 2 aliphatic heterocycles. The Labute approximate surface area is 118 Å². The van der Waals surface area contributed by atoms with E-state index in [2.05, 4.69) is 5.43 Å². The average Bonchev–Trinajstić information content (AvgIpc) is 2.80. The number of sulfone groups is 1. The maximum atomic E-state index is 11.6. The second-order valence-electron chi connectivity index (χ2n) is 5.21. The molecule has 3 N–H and O–H groups in total. The van der Waals surface area contributed by atoms with Gasteiger partial charge >= 0.3 is 0 Å². The summed E-state index contributed by atoms with van der Waals surface area (Å²) in [4.78, 5) is 0. The number of benzene rings is 1. The highest BCUT2D eigenvalue weighted by molar-refractivity contribution is 7.91. The van der Waals surface area contributed by atoms with Crippen LogP contribution in [0.3, 0.4) is 0 Å². The molecule has 2 heterocycles. The Morgan fingerprint density at radius 1 is 1.25 bits per heavy atom. The van der Waals surface area contributed by atoms with Gasteiger partial charge in [-0.25, -0.2) is 8.42 Å².